The van der Waals surface area contributed by atoms with E-state index in [0.717, 1.165) is 19.4 Å². The van der Waals surface area contributed by atoms with Crippen molar-refractivity contribution in [1.82, 2.24) is 0 Å². The van der Waals surface area contributed by atoms with Crippen LogP contribution in [0.3, 0.4) is 0 Å². The molecule has 21 heavy (non-hydrogen) atoms. The van der Waals surface area contributed by atoms with Gasteiger partial charge in [-0.1, -0.05) is 59.2 Å². The zero-order valence-electron chi connectivity index (χ0n) is 14.3. The van der Waals surface area contributed by atoms with Crippen molar-refractivity contribution >= 4 is 5.69 Å². The van der Waals surface area contributed by atoms with Gasteiger partial charge in [0.1, 0.15) is 0 Å². The molecule has 2 heteroatoms. The third kappa shape index (κ3) is 3.79. The largest absolute Gasteiger partial charge is 0.381 e. The van der Waals surface area contributed by atoms with Gasteiger partial charge in [-0.15, -0.1) is 0 Å². The Morgan fingerprint density at radius 3 is 2.62 bits per heavy atom. The van der Waals surface area contributed by atoms with E-state index in [1.807, 2.05) is 0 Å². The lowest BCUT2D eigenvalue weighted by molar-refractivity contribution is -0.108. The fraction of sp³-hybridized carbons (Fsp3) is 0.684. The first-order valence-corrected chi connectivity index (χ1v) is 8.41. The first kappa shape index (κ1) is 16.4. The van der Waals surface area contributed by atoms with Gasteiger partial charge in [0, 0.05) is 23.8 Å². The molecule has 2 atom stereocenters. The summed E-state index contributed by atoms with van der Waals surface area (Å²) in [5, 5.41) is 3.76. The predicted molar refractivity (Wildman–Crippen MR) is 90.8 cm³/mol. The SMILES string of the molecule is CCCc1ccccc1NC1CC(OCC(C)C)C1(C)C. The summed E-state index contributed by atoms with van der Waals surface area (Å²) in [5.74, 6) is 0.609. The van der Waals surface area contributed by atoms with Gasteiger partial charge in [0.25, 0.3) is 0 Å². The molecule has 0 aliphatic heterocycles. The first-order valence-electron chi connectivity index (χ1n) is 8.41. The smallest absolute Gasteiger partial charge is 0.0665 e. The molecule has 1 aromatic rings. The van der Waals surface area contributed by atoms with Crippen molar-refractivity contribution < 1.29 is 4.74 Å². The fourth-order valence-electron chi connectivity index (χ4n) is 3.06. The molecule has 0 aromatic heterocycles. The highest BCUT2D eigenvalue weighted by molar-refractivity contribution is 5.52. The van der Waals surface area contributed by atoms with E-state index >= 15 is 0 Å². The molecule has 1 aliphatic rings. The van der Waals surface area contributed by atoms with Crippen LogP contribution >= 0.6 is 0 Å². The van der Waals surface area contributed by atoms with Crippen LogP contribution in [-0.2, 0) is 11.2 Å². The third-order valence-corrected chi connectivity index (χ3v) is 4.67. The second-order valence-corrected chi connectivity index (χ2v) is 7.38. The third-order valence-electron chi connectivity index (χ3n) is 4.67. The molecule has 1 fully saturated rings. The second-order valence-electron chi connectivity index (χ2n) is 7.38. The van der Waals surface area contributed by atoms with Crippen molar-refractivity contribution in [3.05, 3.63) is 29.8 Å². The quantitative estimate of drug-likeness (QED) is 0.771. The van der Waals surface area contributed by atoms with Crippen molar-refractivity contribution in [2.75, 3.05) is 11.9 Å². The van der Waals surface area contributed by atoms with Crippen molar-refractivity contribution in [2.24, 2.45) is 11.3 Å². The van der Waals surface area contributed by atoms with E-state index in [4.69, 9.17) is 4.74 Å². The average molecular weight is 289 g/mol. The molecular weight excluding hydrogens is 258 g/mol. The van der Waals surface area contributed by atoms with E-state index in [1.54, 1.807) is 0 Å². The summed E-state index contributed by atoms with van der Waals surface area (Å²) in [6, 6.07) is 9.22. The summed E-state index contributed by atoms with van der Waals surface area (Å²) in [6.07, 6.45) is 3.83. The van der Waals surface area contributed by atoms with Gasteiger partial charge in [-0.25, -0.2) is 0 Å². The van der Waals surface area contributed by atoms with Crippen LogP contribution in [0.15, 0.2) is 24.3 Å². The van der Waals surface area contributed by atoms with Crippen molar-refractivity contribution in [1.29, 1.82) is 0 Å². The van der Waals surface area contributed by atoms with Gasteiger partial charge in [0.15, 0.2) is 0 Å². The van der Waals surface area contributed by atoms with E-state index < -0.39 is 0 Å². The Bertz CT molecular complexity index is 453. The summed E-state index contributed by atoms with van der Waals surface area (Å²) < 4.78 is 6.06. The van der Waals surface area contributed by atoms with Crippen LogP contribution in [0.4, 0.5) is 5.69 Å². The molecule has 2 nitrogen and oxygen atoms in total. The maximum absolute atomic E-state index is 6.06. The minimum absolute atomic E-state index is 0.203. The minimum atomic E-state index is 0.203. The summed E-state index contributed by atoms with van der Waals surface area (Å²) in [5.41, 5.74) is 2.94. The van der Waals surface area contributed by atoms with E-state index in [1.165, 1.54) is 17.7 Å². The molecule has 0 saturated heterocycles. The molecule has 0 heterocycles. The maximum atomic E-state index is 6.06. The highest BCUT2D eigenvalue weighted by Crippen LogP contribution is 2.44. The van der Waals surface area contributed by atoms with Crippen LogP contribution in [0.25, 0.3) is 0 Å². The van der Waals surface area contributed by atoms with Gasteiger partial charge in [0.2, 0.25) is 0 Å². The molecule has 1 saturated carbocycles. The number of nitrogens with one attached hydrogen (secondary N) is 1. The fourth-order valence-corrected chi connectivity index (χ4v) is 3.06. The minimum Gasteiger partial charge on any atom is -0.381 e. The van der Waals surface area contributed by atoms with Crippen molar-refractivity contribution in [2.45, 2.75) is 66.0 Å². The normalized spacial score (nSPS) is 23.9. The summed E-state index contributed by atoms with van der Waals surface area (Å²) in [6.45, 7) is 12.2. The standard InChI is InChI=1S/C19H31NO/c1-6-9-15-10-7-8-11-16(15)20-17-12-18(19(17,4)5)21-13-14(2)3/h7-8,10-11,14,17-18,20H,6,9,12-13H2,1-5H3. The van der Waals surface area contributed by atoms with Crippen LogP contribution < -0.4 is 5.32 Å². The number of hydrogen-bond acceptors (Lipinski definition) is 2. The van der Waals surface area contributed by atoms with E-state index in [0.29, 0.717) is 18.1 Å². The highest BCUT2D eigenvalue weighted by Gasteiger charge is 2.49. The topological polar surface area (TPSA) is 21.3 Å². The molecule has 2 rings (SSSR count). The molecule has 118 valence electrons. The molecule has 2 unspecified atom stereocenters. The second kappa shape index (κ2) is 6.83. The van der Waals surface area contributed by atoms with Crippen LogP contribution in [0, 0.1) is 11.3 Å². The lowest BCUT2D eigenvalue weighted by Crippen LogP contribution is -2.58. The summed E-state index contributed by atoms with van der Waals surface area (Å²) >= 11 is 0. The maximum Gasteiger partial charge on any atom is 0.0665 e. The van der Waals surface area contributed by atoms with Crippen LogP contribution in [0.5, 0.6) is 0 Å². The number of para-hydroxylation sites is 1. The number of benzene rings is 1. The van der Waals surface area contributed by atoms with Gasteiger partial charge in [-0.05, 0) is 30.4 Å². The highest BCUT2D eigenvalue weighted by atomic mass is 16.5. The van der Waals surface area contributed by atoms with E-state index in [2.05, 4.69) is 64.2 Å². The molecular formula is C19H31NO. The molecule has 1 N–H and O–H groups in total. The molecule has 1 aliphatic carbocycles. The monoisotopic (exact) mass is 289 g/mol. The Balaban J connectivity index is 1.96. The van der Waals surface area contributed by atoms with Crippen LogP contribution in [0.1, 0.15) is 53.0 Å². The van der Waals surface area contributed by atoms with Gasteiger partial charge in [-0.2, -0.15) is 0 Å². The molecule has 0 bridgehead atoms. The summed E-state index contributed by atoms with van der Waals surface area (Å²) in [4.78, 5) is 0. The predicted octanol–water partition coefficient (Wildman–Crippen LogP) is 4.89. The average Bonchev–Trinajstić information content (AvgIpc) is 2.43. The zero-order valence-corrected chi connectivity index (χ0v) is 14.3. The van der Waals surface area contributed by atoms with Gasteiger partial charge >= 0.3 is 0 Å². The van der Waals surface area contributed by atoms with Crippen molar-refractivity contribution in [3.63, 3.8) is 0 Å². The molecule has 1 aromatic carbocycles. The number of aryl methyl sites for hydroxylation is 1. The Kier molecular flexibility index (Phi) is 5.32. The zero-order chi connectivity index (χ0) is 15.5. The molecule has 0 radical (unpaired) electrons. The van der Waals surface area contributed by atoms with Crippen LogP contribution in [0.2, 0.25) is 0 Å². The van der Waals surface area contributed by atoms with Gasteiger partial charge < -0.3 is 10.1 Å². The van der Waals surface area contributed by atoms with Crippen molar-refractivity contribution in [3.8, 4) is 0 Å². The van der Waals surface area contributed by atoms with E-state index in [-0.39, 0.29) is 5.41 Å². The molecule has 0 spiro atoms. The Morgan fingerprint density at radius 1 is 1.29 bits per heavy atom. The Morgan fingerprint density at radius 2 is 2.00 bits per heavy atom. The van der Waals surface area contributed by atoms with Gasteiger partial charge in [0.05, 0.1) is 6.10 Å². The Hall–Kier alpha value is -1.02. The first-order chi connectivity index (χ1) is 9.95. The lowest BCUT2D eigenvalue weighted by Gasteiger charge is -2.52. The number of hydrogen-bond donors (Lipinski definition) is 1. The number of ether oxygens (including phenoxy) is 1. The van der Waals surface area contributed by atoms with Crippen LogP contribution in [-0.4, -0.2) is 18.8 Å². The number of rotatable bonds is 7. The molecule has 0 amide bonds. The van der Waals surface area contributed by atoms with Gasteiger partial charge in [-0.3, -0.25) is 0 Å². The number of anilines is 1. The summed E-state index contributed by atoms with van der Waals surface area (Å²) in [7, 11) is 0. The lowest BCUT2D eigenvalue weighted by atomic mass is 9.64. The Labute approximate surface area is 130 Å². The van der Waals surface area contributed by atoms with E-state index in [9.17, 15) is 0 Å².